The molecule has 0 bridgehead atoms. The molecule has 1 amide bonds. The van der Waals surface area contributed by atoms with E-state index < -0.39 is 11.9 Å². The van der Waals surface area contributed by atoms with Crippen molar-refractivity contribution in [3.05, 3.63) is 47.8 Å². The molecule has 18 heavy (non-hydrogen) atoms. The first-order valence-corrected chi connectivity index (χ1v) is 5.73. The van der Waals surface area contributed by atoms with Crippen LogP contribution in [-0.4, -0.2) is 15.7 Å². The third-order valence-electron chi connectivity index (χ3n) is 2.87. The van der Waals surface area contributed by atoms with Crippen molar-refractivity contribution in [3.8, 4) is 5.69 Å². The van der Waals surface area contributed by atoms with Crippen molar-refractivity contribution in [1.29, 1.82) is 0 Å². The number of para-hydroxylation sites is 1. The van der Waals surface area contributed by atoms with Crippen molar-refractivity contribution < 1.29 is 4.79 Å². The van der Waals surface area contributed by atoms with Gasteiger partial charge in [-0.25, -0.2) is 4.68 Å². The molecule has 5 nitrogen and oxygen atoms in total. The molecule has 1 heterocycles. The standard InChI is InChI=1S/C13H16N4O/c1-9-11(12(14)7-13(15)18)8-16-17(9)10-5-3-2-4-6-10/h2-6,8,12H,7,14H2,1H3,(H2,15,18). The number of aromatic nitrogens is 2. The Balaban J connectivity index is 2.32. The normalized spacial score (nSPS) is 12.3. The van der Waals surface area contributed by atoms with Gasteiger partial charge in [0.1, 0.15) is 0 Å². The summed E-state index contributed by atoms with van der Waals surface area (Å²) in [5.41, 5.74) is 13.8. The van der Waals surface area contributed by atoms with Crippen molar-refractivity contribution in [2.75, 3.05) is 0 Å². The highest BCUT2D eigenvalue weighted by atomic mass is 16.1. The predicted octanol–water partition coefficient (Wildman–Crippen LogP) is 1.06. The Morgan fingerprint density at radius 3 is 2.67 bits per heavy atom. The molecule has 2 aromatic rings. The van der Waals surface area contributed by atoms with Gasteiger partial charge in [0.2, 0.25) is 5.91 Å². The molecule has 0 radical (unpaired) electrons. The van der Waals surface area contributed by atoms with Gasteiger partial charge in [-0.15, -0.1) is 0 Å². The smallest absolute Gasteiger partial charge is 0.219 e. The van der Waals surface area contributed by atoms with E-state index in [1.165, 1.54) is 0 Å². The number of carbonyl (C=O) groups excluding carboxylic acids is 1. The molecule has 0 fully saturated rings. The fourth-order valence-corrected chi connectivity index (χ4v) is 1.94. The van der Waals surface area contributed by atoms with Crippen LogP contribution in [0.3, 0.4) is 0 Å². The summed E-state index contributed by atoms with van der Waals surface area (Å²) in [6.45, 7) is 1.93. The third-order valence-corrected chi connectivity index (χ3v) is 2.87. The summed E-state index contributed by atoms with van der Waals surface area (Å²) < 4.78 is 1.80. The van der Waals surface area contributed by atoms with Gasteiger partial charge in [-0.2, -0.15) is 5.10 Å². The van der Waals surface area contributed by atoms with Crippen LogP contribution in [-0.2, 0) is 4.79 Å². The highest BCUT2D eigenvalue weighted by molar-refractivity contribution is 5.74. The van der Waals surface area contributed by atoms with E-state index in [0.29, 0.717) is 0 Å². The number of hydrogen-bond donors (Lipinski definition) is 2. The topological polar surface area (TPSA) is 86.9 Å². The summed E-state index contributed by atoms with van der Waals surface area (Å²) >= 11 is 0. The summed E-state index contributed by atoms with van der Waals surface area (Å²) in [6.07, 6.45) is 1.82. The molecule has 0 spiro atoms. The fraction of sp³-hybridized carbons (Fsp3) is 0.231. The van der Waals surface area contributed by atoms with Gasteiger partial charge in [0.05, 0.1) is 11.9 Å². The summed E-state index contributed by atoms with van der Waals surface area (Å²) in [5.74, 6) is -0.408. The van der Waals surface area contributed by atoms with Crippen LogP contribution in [0.4, 0.5) is 0 Å². The molecule has 0 aliphatic carbocycles. The van der Waals surface area contributed by atoms with Crippen molar-refractivity contribution in [2.45, 2.75) is 19.4 Å². The van der Waals surface area contributed by atoms with Crippen LogP contribution in [0.5, 0.6) is 0 Å². The van der Waals surface area contributed by atoms with Gasteiger partial charge < -0.3 is 11.5 Å². The first kappa shape index (κ1) is 12.3. The Labute approximate surface area is 105 Å². The van der Waals surface area contributed by atoms with E-state index in [-0.39, 0.29) is 6.42 Å². The Bertz CT molecular complexity index is 547. The molecule has 0 saturated heterocycles. The number of rotatable bonds is 4. The molecule has 0 aliphatic heterocycles. The Hall–Kier alpha value is -2.14. The summed E-state index contributed by atoms with van der Waals surface area (Å²) in [6, 6.07) is 9.35. The SMILES string of the molecule is Cc1c(C(N)CC(N)=O)cnn1-c1ccccc1. The van der Waals surface area contributed by atoms with E-state index in [2.05, 4.69) is 5.10 Å². The molecular weight excluding hydrogens is 228 g/mol. The first-order valence-electron chi connectivity index (χ1n) is 5.73. The lowest BCUT2D eigenvalue weighted by molar-refractivity contribution is -0.118. The maximum Gasteiger partial charge on any atom is 0.219 e. The van der Waals surface area contributed by atoms with Crippen LogP contribution < -0.4 is 11.5 Å². The van der Waals surface area contributed by atoms with E-state index in [0.717, 1.165) is 16.9 Å². The van der Waals surface area contributed by atoms with E-state index in [4.69, 9.17) is 11.5 Å². The van der Waals surface area contributed by atoms with Crippen molar-refractivity contribution in [1.82, 2.24) is 9.78 Å². The molecule has 0 aliphatic rings. The van der Waals surface area contributed by atoms with Gasteiger partial charge in [0, 0.05) is 23.7 Å². The Kier molecular flexibility index (Phi) is 3.43. The number of nitrogens with zero attached hydrogens (tertiary/aromatic N) is 2. The summed E-state index contributed by atoms with van der Waals surface area (Å²) in [5, 5.41) is 4.30. The maximum absolute atomic E-state index is 10.9. The highest BCUT2D eigenvalue weighted by Gasteiger charge is 2.16. The lowest BCUT2D eigenvalue weighted by Crippen LogP contribution is -2.21. The van der Waals surface area contributed by atoms with Crippen LogP contribution in [0, 0.1) is 6.92 Å². The summed E-state index contributed by atoms with van der Waals surface area (Å²) in [7, 11) is 0. The van der Waals surface area contributed by atoms with Crippen LogP contribution in [0.25, 0.3) is 5.69 Å². The molecule has 1 aromatic heterocycles. The van der Waals surface area contributed by atoms with E-state index >= 15 is 0 Å². The minimum absolute atomic E-state index is 0.126. The maximum atomic E-state index is 10.9. The number of nitrogens with two attached hydrogens (primary N) is 2. The molecule has 94 valence electrons. The Morgan fingerprint density at radius 1 is 1.39 bits per heavy atom. The van der Waals surface area contributed by atoms with Crippen LogP contribution >= 0.6 is 0 Å². The molecule has 5 heteroatoms. The number of carbonyl (C=O) groups is 1. The lowest BCUT2D eigenvalue weighted by atomic mass is 10.1. The second kappa shape index (κ2) is 5.01. The second-order valence-electron chi connectivity index (χ2n) is 4.21. The van der Waals surface area contributed by atoms with Crippen molar-refractivity contribution in [2.24, 2.45) is 11.5 Å². The number of primary amides is 1. The largest absolute Gasteiger partial charge is 0.370 e. The lowest BCUT2D eigenvalue weighted by Gasteiger charge is -2.10. The minimum atomic E-state index is -0.408. The van der Waals surface area contributed by atoms with Crippen LogP contribution in [0.1, 0.15) is 23.7 Å². The van der Waals surface area contributed by atoms with E-state index in [9.17, 15) is 4.79 Å². The van der Waals surface area contributed by atoms with Gasteiger partial charge in [-0.05, 0) is 19.1 Å². The molecule has 4 N–H and O–H groups in total. The quantitative estimate of drug-likeness (QED) is 0.842. The molecule has 1 aromatic carbocycles. The predicted molar refractivity (Wildman–Crippen MR) is 69.0 cm³/mol. The zero-order valence-corrected chi connectivity index (χ0v) is 10.2. The van der Waals surface area contributed by atoms with Crippen molar-refractivity contribution >= 4 is 5.91 Å². The van der Waals surface area contributed by atoms with Gasteiger partial charge in [-0.3, -0.25) is 4.79 Å². The average Bonchev–Trinajstić information content (AvgIpc) is 2.71. The third kappa shape index (κ3) is 2.41. The summed E-state index contributed by atoms with van der Waals surface area (Å²) in [4.78, 5) is 10.9. The van der Waals surface area contributed by atoms with Crippen LogP contribution in [0.15, 0.2) is 36.5 Å². The zero-order valence-electron chi connectivity index (χ0n) is 10.2. The Morgan fingerprint density at radius 2 is 2.06 bits per heavy atom. The number of amides is 1. The van der Waals surface area contributed by atoms with Crippen molar-refractivity contribution in [3.63, 3.8) is 0 Å². The second-order valence-corrected chi connectivity index (χ2v) is 4.21. The number of benzene rings is 1. The first-order chi connectivity index (χ1) is 8.59. The average molecular weight is 244 g/mol. The molecule has 2 rings (SSSR count). The van der Waals surface area contributed by atoms with E-state index in [1.807, 2.05) is 37.3 Å². The molecule has 1 atom stereocenters. The van der Waals surface area contributed by atoms with Gasteiger partial charge in [-0.1, -0.05) is 18.2 Å². The minimum Gasteiger partial charge on any atom is -0.370 e. The molecular formula is C13H16N4O. The fourth-order valence-electron chi connectivity index (χ4n) is 1.94. The number of hydrogen-bond acceptors (Lipinski definition) is 3. The van der Waals surface area contributed by atoms with Crippen LogP contribution in [0.2, 0.25) is 0 Å². The monoisotopic (exact) mass is 244 g/mol. The van der Waals surface area contributed by atoms with Gasteiger partial charge >= 0.3 is 0 Å². The highest BCUT2D eigenvalue weighted by Crippen LogP contribution is 2.20. The zero-order chi connectivity index (χ0) is 13.1. The molecule has 0 saturated carbocycles. The molecule has 1 unspecified atom stereocenters. The van der Waals surface area contributed by atoms with Gasteiger partial charge in [0.25, 0.3) is 0 Å². The van der Waals surface area contributed by atoms with E-state index in [1.54, 1.807) is 10.9 Å². The van der Waals surface area contributed by atoms with Gasteiger partial charge in [0.15, 0.2) is 0 Å².